The third-order valence-corrected chi connectivity index (χ3v) is 4.68. The average molecular weight is 341 g/mol. The number of hydrogen-bond acceptors (Lipinski definition) is 5. The van der Waals surface area contributed by atoms with Crippen LogP contribution in [0.3, 0.4) is 0 Å². The zero-order valence-electron chi connectivity index (χ0n) is 14.3. The summed E-state index contributed by atoms with van der Waals surface area (Å²) in [6, 6.07) is 7.83. The van der Waals surface area contributed by atoms with Gasteiger partial charge in [0.05, 0.1) is 19.6 Å². The molecule has 6 heteroatoms. The van der Waals surface area contributed by atoms with E-state index in [0.29, 0.717) is 0 Å². The normalized spacial score (nSPS) is 20.2. The van der Waals surface area contributed by atoms with Crippen molar-refractivity contribution in [2.45, 2.75) is 31.7 Å². The van der Waals surface area contributed by atoms with E-state index in [4.69, 9.17) is 4.74 Å². The Morgan fingerprint density at radius 3 is 2.96 bits per heavy atom. The Morgan fingerprint density at radius 2 is 2.12 bits per heavy atom. The third kappa shape index (κ3) is 4.54. The fourth-order valence-corrected chi connectivity index (χ4v) is 3.36. The number of anilines is 1. The second-order valence-electron chi connectivity index (χ2n) is 6.45. The van der Waals surface area contributed by atoms with Crippen molar-refractivity contribution in [3.63, 3.8) is 0 Å². The minimum absolute atomic E-state index is 0.0617. The molecule has 0 saturated heterocycles. The highest BCUT2D eigenvalue weighted by Crippen LogP contribution is 2.25. The number of aromatic nitrogens is 1. The van der Waals surface area contributed by atoms with E-state index in [9.17, 15) is 9.59 Å². The maximum absolute atomic E-state index is 12.2. The van der Waals surface area contributed by atoms with Gasteiger partial charge in [-0.1, -0.05) is 12.5 Å². The molecule has 6 nitrogen and oxygen atoms in total. The molecule has 0 radical (unpaired) electrons. The second-order valence-corrected chi connectivity index (χ2v) is 6.45. The number of methoxy groups -OCH3 is 1. The molecule has 1 heterocycles. The van der Waals surface area contributed by atoms with E-state index in [1.165, 1.54) is 7.11 Å². The van der Waals surface area contributed by atoms with Gasteiger partial charge in [0.15, 0.2) is 0 Å². The van der Waals surface area contributed by atoms with Gasteiger partial charge in [-0.3, -0.25) is 14.6 Å². The van der Waals surface area contributed by atoms with Crippen LogP contribution in [0.1, 0.15) is 25.7 Å². The fraction of sp³-hybridized carbons (Fsp3) is 0.421. The summed E-state index contributed by atoms with van der Waals surface area (Å²) < 4.78 is 4.83. The van der Waals surface area contributed by atoms with Crippen molar-refractivity contribution in [1.29, 1.82) is 0 Å². The van der Waals surface area contributed by atoms with Gasteiger partial charge in [-0.05, 0) is 42.8 Å². The lowest BCUT2D eigenvalue weighted by atomic mass is 9.86. The van der Waals surface area contributed by atoms with Gasteiger partial charge in [-0.2, -0.15) is 0 Å². The molecular weight excluding hydrogens is 318 g/mol. The van der Waals surface area contributed by atoms with E-state index >= 15 is 0 Å². The molecule has 2 N–H and O–H groups in total. The number of benzene rings is 1. The lowest BCUT2D eigenvalue weighted by Gasteiger charge is -2.28. The number of rotatable bonds is 5. The van der Waals surface area contributed by atoms with Gasteiger partial charge in [-0.15, -0.1) is 0 Å². The quantitative estimate of drug-likeness (QED) is 0.817. The molecule has 1 saturated carbocycles. The Balaban J connectivity index is 1.51. The predicted octanol–water partition coefficient (Wildman–Crippen LogP) is 2.49. The molecule has 0 spiro atoms. The first-order valence-electron chi connectivity index (χ1n) is 8.60. The number of hydrogen-bond donors (Lipinski definition) is 2. The van der Waals surface area contributed by atoms with Gasteiger partial charge < -0.3 is 15.4 Å². The number of nitrogens with zero attached hydrogens (tertiary/aromatic N) is 1. The predicted molar refractivity (Wildman–Crippen MR) is 96.1 cm³/mol. The van der Waals surface area contributed by atoms with E-state index in [1.807, 2.05) is 24.3 Å². The Bertz CT molecular complexity index is 762. The van der Waals surface area contributed by atoms with Gasteiger partial charge in [0.25, 0.3) is 0 Å². The molecule has 2 aromatic rings. The maximum Gasteiger partial charge on any atom is 0.308 e. The highest BCUT2D eigenvalue weighted by Gasteiger charge is 2.27. The van der Waals surface area contributed by atoms with Crippen molar-refractivity contribution in [2.75, 3.05) is 19.0 Å². The molecule has 132 valence electrons. The minimum atomic E-state index is -0.151. The monoisotopic (exact) mass is 341 g/mol. The van der Waals surface area contributed by atoms with E-state index in [0.717, 1.165) is 42.1 Å². The summed E-state index contributed by atoms with van der Waals surface area (Å²) in [5.74, 6) is -0.302. The number of esters is 1. The molecule has 1 amide bonds. The summed E-state index contributed by atoms with van der Waals surface area (Å²) in [7, 11) is 1.42. The van der Waals surface area contributed by atoms with Crippen LogP contribution in [0.2, 0.25) is 0 Å². The first-order valence-corrected chi connectivity index (χ1v) is 8.60. The third-order valence-electron chi connectivity index (χ3n) is 4.68. The van der Waals surface area contributed by atoms with Gasteiger partial charge >= 0.3 is 5.97 Å². The molecule has 1 fully saturated rings. The van der Waals surface area contributed by atoms with Crippen molar-refractivity contribution < 1.29 is 14.3 Å². The Morgan fingerprint density at radius 1 is 1.24 bits per heavy atom. The summed E-state index contributed by atoms with van der Waals surface area (Å²) in [5, 5.41) is 8.24. The Hall–Kier alpha value is -2.47. The van der Waals surface area contributed by atoms with E-state index < -0.39 is 0 Å². The SMILES string of the molecule is COC(=O)C1CCCC(NCC(=O)Nc2ccc3cnccc3c2)C1. The zero-order chi connectivity index (χ0) is 17.6. The molecule has 1 aliphatic carbocycles. The molecule has 0 aliphatic heterocycles. The maximum atomic E-state index is 12.2. The van der Waals surface area contributed by atoms with Crippen LogP contribution >= 0.6 is 0 Å². The van der Waals surface area contributed by atoms with Crippen molar-refractivity contribution in [1.82, 2.24) is 10.3 Å². The van der Waals surface area contributed by atoms with Crippen LogP contribution in [0.15, 0.2) is 36.7 Å². The number of nitrogens with one attached hydrogen (secondary N) is 2. The molecule has 1 aromatic heterocycles. The van der Waals surface area contributed by atoms with Crippen molar-refractivity contribution in [3.8, 4) is 0 Å². The molecular formula is C19H23N3O3. The summed E-state index contributed by atoms with van der Waals surface area (Å²) in [6.07, 6.45) is 7.06. The van der Waals surface area contributed by atoms with Crippen LogP contribution in [0.5, 0.6) is 0 Å². The zero-order valence-corrected chi connectivity index (χ0v) is 14.3. The second kappa shape index (κ2) is 8.07. The Kier molecular flexibility index (Phi) is 5.60. The minimum Gasteiger partial charge on any atom is -0.469 e. The van der Waals surface area contributed by atoms with Crippen LogP contribution in [0, 0.1) is 5.92 Å². The van der Waals surface area contributed by atoms with Crippen molar-refractivity contribution in [2.24, 2.45) is 5.92 Å². The number of fused-ring (bicyclic) bond motifs is 1. The summed E-state index contributed by atoms with van der Waals surface area (Å²) in [4.78, 5) is 27.9. The van der Waals surface area contributed by atoms with Crippen LogP contribution in [-0.2, 0) is 14.3 Å². The summed E-state index contributed by atoms with van der Waals surface area (Å²) in [6.45, 7) is 0.229. The number of carbonyl (C=O) groups excluding carboxylic acids is 2. The number of carbonyl (C=O) groups is 2. The van der Waals surface area contributed by atoms with Gasteiger partial charge in [0.2, 0.25) is 5.91 Å². The molecule has 1 aliphatic rings. The van der Waals surface area contributed by atoms with Crippen LogP contribution in [0.4, 0.5) is 5.69 Å². The van der Waals surface area contributed by atoms with Gasteiger partial charge in [0.1, 0.15) is 0 Å². The standard InChI is InChI=1S/C19H23N3O3/c1-25-19(24)14-3-2-4-16(10-14)21-12-18(23)22-17-6-5-15-11-20-8-7-13(15)9-17/h5-9,11,14,16,21H,2-4,10,12H2,1H3,(H,22,23). The topological polar surface area (TPSA) is 80.3 Å². The lowest BCUT2D eigenvalue weighted by molar-refractivity contribution is -0.146. The molecule has 25 heavy (non-hydrogen) atoms. The molecule has 2 atom stereocenters. The fourth-order valence-electron chi connectivity index (χ4n) is 3.36. The number of ether oxygens (including phenoxy) is 1. The molecule has 1 aromatic carbocycles. The highest BCUT2D eigenvalue weighted by atomic mass is 16.5. The summed E-state index contributed by atoms with van der Waals surface area (Å²) in [5.41, 5.74) is 0.765. The average Bonchev–Trinajstić information content (AvgIpc) is 2.66. The van der Waals surface area contributed by atoms with E-state index in [2.05, 4.69) is 15.6 Å². The first-order chi connectivity index (χ1) is 12.2. The number of amides is 1. The van der Waals surface area contributed by atoms with Gasteiger partial charge in [-0.25, -0.2) is 0 Å². The first kappa shape index (κ1) is 17.4. The summed E-state index contributed by atoms with van der Waals surface area (Å²) >= 11 is 0. The van der Waals surface area contributed by atoms with Crippen LogP contribution in [-0.4, -0.2) is 36.6 Å². The van der Waals surface area contributed by atoms with E-state index in [-0.39, 0.29) is 30.4 Å². The van der Waals surface area contributed by atoms with E-state index in [1.54, 1.807) is 12.4 Å². The Labute approximate surface area is 147 Å². The lowest BCUT2D eigenvalue weighted by Crippen LogP contribution is -2.40. The highest BCUT2D eigenvalue weighted by molar-refractivity contribution is 5.95. The van der Waals surface area contributed by atoms with Crippen LogP contribution in [0.25, 0.3) is 10.8 Å². The van der Waals surface area contributed by atoms with Gasteiger partial charge in [0, 0.05) is 29.5 Å². The molecule has 3 rings (SSSR count). The largest absolute Gasteiger partial charge is 0.469 e. The molecule has 0 bridgehead atoms. The van der Waals surface area contributed by atoms with Crippen molar-refractivity contribution >= 4 is 28.3 Å². The van der Waals surface area contributed by atoms with Crippen molar-refractivity contribution in [3.05, 3.63) is 36.7 Å². The van der Waals surface area contributed by atoms with Crippen LogP contribution < -0.4 is 10.6 Å². The smallest absolute Gasteiger partial charge is 0.308 e. The number of pyridine rings is 1. The molecule has 2 unspecified atom stereocenters.